The van der Waals surface area contributed by atoms with Crippen molar-refractivity contribution in [1.29, 1.82) is 0 Å². The van der Waals surface area contributed by atoms with Crippen LogP contribution in [-0.4, -0.2) is 30.1 Å². The van der Waals surface area contributed by atoms with Gasteiger partial charge in [-0.3, -0.25) is 10.1 Å². The van der Waals surface area contributed by atoms with E-state index in [1.165, 1.54) is 28.6 Å². The lowest BCUT2D eigenvalue weighted by molar-refractivity contribution is -0.119. The lowest BCUT2D eigenvalue weighted by Gasteiger charge is -1.94. The van der Waals surface area contributed by atoms with Crippen molar-refractivity contribution in [2.45, 2.75) is 6.42 Å². The van der Waals surface area contributed by atoms with Gasteiger partial charge in [0, 0.05) is 23.9 Å². The zero-order valence-electron chi connectivity index (χ0n) is 13.6. The van der Waals surface area contributed by atoms with Crippen LogP contribution in [0.25, 0.3) is 10.9 Å². The van der Waals surface area contributed by atoms with E-state index in [1.54, 1.807) is 0 Å². The summed E-state index contributed by atoms with van der Waals surface area (Å²) < 4.78 is 4.17. The number of hydrogen-bond acceptors (Lipinski definition) is 4. The lowest BCUT2D eigenvalue weighted by atomic mass is 10.2. The number of aromatic amines is 1. The van der Waals surface area contributed by atoms with E-state index in [1.807, 2.05) is 23.6 Å². The van der Waals surface area contributed by atoms with Crippen LogP contribution in [-0.2, 0) is 16.0 Å². The maximum atomic E-state index is 10.00. The molecule has 0 spiro atoms. The number of alkyl carbamates (subject to hydrolysis) is 1. The quantitative estimate of drug-likeness (QED) is 0.589. The molecule has 6 nitrogen and oxygen atoms in total. The van der Waals surface area contributed by atoms with Crippen molar-refractivity contribution in [2.24, 2.45) is 0 Å². The second-order valence-electron chi connectivity index (χ2n) is 5.52. The Labute approximate surface area is 145 Å². The molecule has 2 aromatic carbocycles. The molecule has 1 aromatic heterocycles. The van der Waals surface area contributed by atoms with Crippen LogP contribution < -0.4 is 10.6 Å². The van der Waals surface area contributed by atoms with Crippen LogP contribution in [0.3, 0.4) is 0 Å². The SMILES string of the molecule is O=C1COC(=O)N1.c1ccc2[nH]ccc2c1.c1ccc2c(c1)CCN2. The number of carbonyl (C=O) groups excluding carboxylic acids is 2. The highest BCUT2D eigenvalue weighted by molar-refractivity contribution is 5.97. The third kappa shape index (κ3) is 4.60. The Bertz CT molecular complexity index is 806. The highest BCUT2D eigenvalue weighted by Crippen LogP contribution is 2.19. The molecule has 0 atom stereocenters. The van der Waals surface area contributed by atoms with Gasteiger partial charge in [-0.1, -0.05) is 36.4 Å². The van der Waals surface area contributed by atoms with Gasteiger partial charge in [0.15, 0.2) is 6.61 Å². The van der Waals surface area contributed by atoms with Gasteiger partial charge in [-0.25, -0.2) is 4.79 Å². The minimum atomic E-state index is -0.648. The van der Waals surface area contributed by atoms with Crippen molar-refractivity contribution in [1.82, 2.24) is 10.3 Å². The van der Waals surface area contributed by atoms with Crippen LogP contribution >= 0.6 is 0 Å². The van der Waals surface area contributed by atoms with Gasteiger partial charge in [-0.05, 0) is 35.6 Å². The summed E-state index contributed by atoms with van der Waals surface area (Å²) >= 11 is 0. The minimum absolute atomic E-state index is 0.126. The topological polar surface area (TPSA) is 83.2 Å². The van der Waals surface area contributed by atoms with Gasteiger partial charge in [-0.2, -0.15) is 0 Å². The van der Waals surface area contributed by atoms with E-state index < -0.39 is 6.09 Å². The first kappa shape index (κ1) is 16.6. The number of nitrogens with one attached hydrogen (secondary N) is 3. The third-order valence-corrected chi connectivity index (χ3v) is 3.77. The number of benzene rings is 2. The van der Waals surface area contributed by atoms with Gasteiger partial charge in [0.25, 0.3) is 5.91 Å². The van der Waals surface area contributed by atoms with Crippen LogP contribution in [0.4, 0.5) is 10.5 Å². The number of fused-ring (bicyclic) bond motifs is 2. The van der Waals surface area contributed by atoms with Crippen LogP contribution in [0, 0.1) is 0 Å². The maximum absolute atomic E-state index is 10.00. The van der Waals surface area contributed by atoms with Crippen molar-refractivity contribution < 1.29 is 14.3 Å². The molecule has 2 aliphatic rings. The largest absolute Gasteiger partial charge is 0.439 e. The fourth-order valence-corrected chi connectivity index (χ4v) is 2.55. The molecule has 3 N–H and O–H groups in total. The number of carbonyl (C=O) groups is 2. The van der Waals surface area contributed by atoms with Crippen LogP contribution in [0.15, 0.2) is 60.8 Å². The number of rotatable bonds is 0. The Kier molecular flexibility index (Phi) is 5.31. The van der Waals surface area contributed by atoms with E-state index in [-0.39, 0.29) is 12.5 Å². The lowest BCUT2D eigenvalue weighted by Crippen LogP contribution is -2.18. The summed E-state index contributed by atoms with van der Waals surface area (Å²) in [6, 6.07) is 18.7. The summed E-state index contributed by atoms with van der Waals surface area (Å²) in [6.45, 7) is 0.984. The summed E-state index contributed by atoms with van der Waals surface area (Å²) in [7, 11) is 0. The van der Waals surface area contributed by atoms with Crippen LogP contribution in [0.2, 0.25) is 0 Å². The number of H-pyrrole nitrogens is 1. The Morgan fingerprint density at radius 1 is 0.920 bits per heavy atom. The molecule has 1 saturated heterocycles. The summed E-state index contributed by atoms with van der Waals surface area (Å²) in [4.78, 5) is 23.0. The molecule has 2 aliphatic heterocycles. The van der Waals surface area contributed by atoms with Crippen LogP contribution in [0.5, 0.6) is 0 Å². The number of hydrogen-bond donors (Lipinski definition) is 3. The smallest absolute Gasteiger partial charge is 0.414 e. The molecule has 0 bridgehead atoms. The van der Waals surface area contributed by atoms with Gasteiger partial charge in [0.2, 0.25) is 0 Å². The predicted molar refractivity (Wildman–Crippen MR) is 96.4 cm³/mol. The van der Waals surface area contributed by atoms with Gasteiger partial charge >= 0.3 is 6.09 Å². The molecule has 0 radical (unpaired) electrons. The summed E-state index contributed by atoms with van der Waals surface area (Å²) in [6.07, 6.45) is 2.49. The second kappa shape index (κ2) is 8.01. The Balaban J connectivity index is 0.000000111. The monoisotopic (exact) mass is 337 g/mol. The number of para-hydroxylation sites is 2. The summed E-state index contributed by atoms with van der Waals surface area (Å²) in [5, 5.41) is 6.49. The molecular weight excluding hydrogens is 318 g/mol. The molecule has 3 heterocycles. The van der Waals surface area contributed by atoms with Crippen molar-refractivity contribution in [2.75, 3.05) is 18.5 Å². The predicted octanol–water partition coefficient (Wildman–Crippen LogP) is 3.08. The third-order valence-electron chi connectivity index (χ3n) is 3.77. The molecule has 2 amide bonds. The standard InChI is InChI=1S/C8H9N.C8H7N.C3H3NO3/c2*1-2-4-8-7(3-1)5-6-9-8;5-2-1-7-3(6)4-2/h1-4,9H,5-6H2;1-6,9H;1H2,(H,4,5,6). The average Bonchev–Trinajstić information content (AvgIpc) is 3.36. The maximum Gasteiger partial charge on any atom is 0.414 e. The zero-order valence-corrected chi connectivity index (χ0v) is 13.6. The Morgan fingerprint density at radius 3 is 2.40 bits per heavy atom. The van der Waals surface area contributed by atoms with E-state index in [4.69, 9.17) is 0 Å². The Morgan fingerprint density at radius 2 is 1.72 bits per heavy atom. The first-order valence-electron chi connectivity index (χ1n) is 8.03. The summed E-state index contributed by atoms with van der Waals surface area (Å²) in [5.41, 5.74) is 3.98. The molecule has 3 aromatic rings. The van der Waals surface area contributed by atoms with E-state index in [0.717, 1.165) is 6.54 Å². The Hall–Kier alpha value is -3.28. The van der Waals surface area contributed by atoms with Gasteiger partial charge in [-0.15, -0.1) is 0 Å². The van der Waals surface area contributed by atoms with Crippen molar-refractivity contribution in [3.63, 3.8) is 0 Å². The number of anilines is 1. The van der Waals surface area contributed by atoms with Crippen molar-refractivity contribution >= 4 is 28.6 Å². The first-order chi connectivity index (χ1) is 12.2. The fraction of sp³-hybridized carbons (Fsp3) is 0.158. The molecule has 6 heteroatoms. The second-order valence-corrected chi connectivity index (χ2v) is 5.52. The molecule has 25 heavy (non-hydrogen) atoms. The number of cyclic esters (lactones) is 1. The van der Waals surface area contributed by atoms with Gasteiger partial charge < -0.3 is 15.0 Å². The molecule has 1 fully saturated rings. The van der Waals surface area contributed by atoms with Crippen molar-refractivity contribution in [3.05, 3.63) is 66.4 Å². The van der Waals surface area contributed by atoms with Crippen molar-refractivity contribution in [3.8, 4) is 0 Å². The number of ether oxygens (including phenoxy) is 1. The molecule has 0 unspecified atom stereocenters. The fourth-order valence-electron chi connectivity index (χ4n) is 2.55. The number of aromatic nitrogens is 1. The zero-order chi connectivity index (χ0) is 17.5. The van der Waals surface area contributed by atoms with E-state index in [9.17, 15) is 9.59 Å². The normalized spacial score (nSPS) is 14.2. The highest BCUT2D eigenvalue weighted by atomic mass is 16.6. The highest BCUT2D eigenvalue weighted by Gasteiger charge is 2.17. The average molecular weight is 337 g/mol. The van der Waals surface area contributed by atoms with Crippen LogP contribution in [0.1, 0.15) is 5.56 Å². The molecular formula is C19H19N3O3. The molecule has 128 valence electrons. The minimum Gasteiger partial charge on any atom is -0.439 e. The van der Waals surface area contributed by atoms with E-state index >= 15 is 0 Å². The molecule has 5 rings (SSSR count). The van der Waals surface area contributed by atoms with E-state index in [0.29, 0.717) is 0 Å². The number of amides is 2. The molecule has 0 saturated carbocycles. The van der Waals surface area contributed by atoms with E-state index in [2.05, 4.69) is 57.5 Å². The van der Waals surface area contributed by atoms with Gasteiger partial charge in [0.05, 0.1) is 0 Å². The molecule has 0 aliphatic carbocycles. The number of imide groups is 1. The first-order valence-corrected chi connectivity index (χ1v) is 8.03. The van der Waals surface area contributed by atoms with Gasteiger partial charge in [0.1, 0.15) is 0 Å². The summed E-state index contributed by atoms with van der Waals surface area (Å²) in [5.74, 6) is -0.370.